The van der Waals surface area contributed by atoms with E-state index in [2.05, 4.69) is 0 Å². The van der Waals surface area contributed by atoms with Gasteiger partial charge in [0.1, 0.15) is 5.75 Å². The number of hydrogen-bond donors (Lipinski definition) is 1. The number of carboxylic acid groups (broad SMARTS) is 1. The fraction of sp³-hybridized carbons (Fsp3) is 0.375. The van der Waals surface area contributed by atoms with E-state index in [9.17, 15) is 32.7 Å². The van der Waals surface area contributed by atoms with Crippen molar-refractivity contribution in [1.82, 2.24) is 4.90 Å². The number of ether oxygens (including phenoxy) is 1. The molecule has 0 heterocycles. The first-order valence-electron chi connectivity index (χ1n) is 10.3. The van der Waals surface area contributed by atoms with Crippen molar-refractivity contribution in [2.24, 2.45) is 0 Å². The summed E-state index contributed by atoms with van der Waals surface area (Å²) in [7, 11) is 1.54. The third kappa shape index (κ3) is 6.49. The van der Waals surface area contributed by atoms with Crippen LogP contribution in [0.4, 0.5) is 18.9 Å². The van der Waals surface area contributed by atoms with E-state index >= 15 is 0 Å². The number of imide groups is 1. The standard InChI is InChI=1S/C24H27F3N2O5/c1-15-10-17(11-16(2)21(15)34-23(3,4)22(32)33)12-29(14-30)20(31)13-28(5)19-8-6-18(7-9-19)24(25,26)27/h6-11,14H,12-13H2,1-5H3,(H,32,33). The van der Waals surface area contributed by atoms with Crippen molar-refractivity contribution < 1.29 is 37.4 Å². The van der Waals surface area contributed by atoms with Crippen LogP contribution >= 0.6 is 0 Å². The second-order valence-corrected chi connectivity index (χ2v) is 8.50. The number of halogens is 3. The molecule has 7 nitrogen and oxygen atoms in total. The lowest BCUT2D eigenvalue weighted by Crippen LogP contribution is -2.38. The van der Waals surface area contributed by atoms with Gasteiger partial charge in [-0.05, 0) is 68.7 Å². The SMILES string of the molecule is Cc1cc(CN(C=O)C(=O)CN(C)c2ccc(C(F)(F)F)cc2)cc(C)c1OC(C)(C)C(=O)O. The second kappa shape index (κ2) is 10.1. The smallest absolute Gasteiger partial charge is 0.416 e. The van der Waals surface area contributed by atoms with E-state index < -0.39 is 29.2 Å². The summed E-state index contributed by atoms with van der Waals surface area (Å²) in [6.07, 6.45) is -4.06. The molecule has 184 valence electrons. The van der Waals surface area contributed by atoms with E-state index in [1.807, 2.05) is 0 Å². The van der Waals surface area contributed by atoms with Crippen LogP contribution in [0.25, 0.3) is 0 Å². The zero-order chi connectivity index (χ0) is 25.8. The lowest BCUT2D eigenvalue weighted by Gasteiger charge is -2.25. The van der Waals surface area contributed by atoms with Crippen LogP contribution in [0.1, 0.15) is 36.1 Å². The van der Waals surface area contributed by atoms with Crippen LogP contribution in [0, 0.1) is 13.8 Å². The molecule has 10 heteroatoms. The molecule has 0 aromatic heterocycles. The summed E-state index contributed by atoms with van der Waals surface area (Å²) < 4.78 is 43.9. The van der Waals surface area contributed by atoms with Crippen LogP contribution in [0.5, 0.6) is 5.75 Å². The van der Waals surface area contributed by atoms with Gasteiger partial charge in [-0.2, -0.15) is 13.2 Å². The highest BCUT2D eigenvalue weighted by Crippen LogP contribution is 2.31. The number of alkyl halides is 3. The maximum Gasteiger partial charge on any atom is 0.416 e. The Kier molecular flexibility index (Phi) is 7.97. The normalized spacial score (nSPS) is 11.6. The number of carbonyl (C=O) groups is 3. The molecule has 0 saturated carbocycles. The Bertz CT molecular complexity index is 1040. The average Bonchev–Trinajstić information content (AvgIpc) is 2.73. The Hall–Kier alpha value is -3.56. The second-order valence-electron chi connectivity index (χ2n) is 8.50. The Morgan fingerprint density at radius 2 is 1.59 bits per heavy atom. The van der Waals surface area contributed by atoms with Crippen molar-refractivity contribution in [1.29, 1.82) is 0 Å². The molecule has 0 spiro atoms. The van der Waals surface area contributed by atoms with E-state index in [1.54, 1.807) is 26.0 Å². The number of aliphatic carboxylic acids is 1. The van der Waals surface area contributed by atoms with Crippen molar-refractivity contribution in [3.05, 3.63) is 58.7 Å². The first kappa shape index (κ1) is 26.7. The van der Waals surface area contributed by atoms with Gasteiger partial charge in [0.15, 0.2) is 5.60 Å². The monoisotopic (exact) mass is 480 g/mol. The third-order valence-electron chi connectivity index (χ3n) is 5.20. The molecular formula is C24H27F3N2O5. The molecule has 0 bridgehead atoms. The maximum atomic E-state index is 12.7. The average molecular weight is 480 g/mol. The van der Waals surface area contributed by atoms with Crippen molar-refractivity contribution in [3.63, 3.8) is 0 Å². The van der Waals surface area contributed by atoms with Gasteiger partial charge in [-0.1, -0.05) is 12.1 Å². The van der Waals surface area contributed by atoms with Crippen molar-refractivity contribution >= 4 is 24.0 Å². The van der Waals surface area contributed by atoms with Crippen LogP contribution in [0.2, 0.25) is 0 Å². The molecule has 2 aromatic carbocycles. The van der Waals surface area contributed by atoms with E-state index in [1.165, 1.54) is 37.9 Å². The topological polar surface area (TPSA) is 87.2 Å². The number of carbonyl (C=O) groups excluding carboxylic acids is 2. The number of hydrogen-bond acceptors (Lipinski definition) is 5. The summed E-state index contributed by atoms with van der Waals surface area (Å²) in [4.78, 5) is 38.0. The summed E-state index contributed by atoms with van der Waals surface area (Å²) in [5.41, 5.74) is 0.0731. The number of rotatable bonds is 9. The summed E-state index contributed by atoms with van der Waals surface area (Å²) in [5, 5.41) is 9.29. The minimum Gasteiger partial charge on any atom is -0.478 e. The van der Waals surface area contributed by atoms with Gasteiger partial charge in [0.05, 0.1) is 18.7 Å². The van der Waals surface area contributed by atoms with Gasteiger partial charge in [-0.25, -0.2) is 4.79 Å². The lowest BCUT2D eigenvalue weighted by molar-refractivity contribution is -0.152. The number of benzene rings is 2. The zero-order valence-corrected chi connectivity index (χ0v) is 19.6. The van der Waals surface area contributed by atoms with Crippen molar-refractivity contribution in [2.45, 2.75) is 46.0 Å². The Morgan fingerprint density at radius 1 is 1.06 bits per heavy atom. The van der Waals surface area contributed by atoms with Gasteiger partial charge >= 0.3 is 12.1 Å². The molecular weight excluding hydrogens is 453 g/mol. The molecule has 2 aromatic rings. The summed E-state index contributed by atoms with van der Waals surface area (Å²) >= 11 is 0. The fourth-order valence-corrected chi connectivity index (χ4v) is 3.26. The molecule has 34 heavy (non-hydrogen) atoms. The number of amides is 2. The molecule has 0 saturated heterocycles. The lowest BCUT2D eigenvalue weighted by atomic mass is 10.0. The first-order valence-corrected chi connectivity index (χ1v) is 10.3. The molecule has 0 aliphatic rings. The maximum absolute atomic E-state index is 12.7. The number of likely N-dealkylation sites (N-methyl/N-ethyl adjacent to an activating group) is 1. The van der Waals surface area contributed by atoms with Gasteiger partial charge in [0, 0.05) is 12.7 Å². The summed E-state index contributed by atoms with van der Waals surface area (Å²) in [6, 6.07) is 7.76. The molecule has 0 radical (unpaired) electrons. The molecule has 0 aliphatic carbocycles. The molecule has 2 amide bonds. The van der Waals surface area contributed by atoms with E-state index in [4.69, 9.17) is 4.74 Å². The molecule has 0 fully saturated rings. The fourth-order valence-electron chi connectivity index (χ4n) is 3.26. The summed E-state index contributed by atoms with van der Waals surface area (Å²) in [5.74, 6) is -1.26. The van der Waals surface area contributed by atoms with Gasteiger partial charge in [0.25, 0.3) is 0 Å². The van der Waals surface area contributed by atoms with Gasteiger partial charge in [0.2, 0.25) is 12.3 Å². The van der Waals surface area contributed by atoms with E-state index in [0.29, 0.717) is 34.5 Å². The molecule has 0 unspecified atom stereocenters. The van der Waals surface area contributed by atoms with E-state index in [-0.39, 0.29) is 13.1 Å². The quantitative estimate of drug-likeness (QED) is 0.542. The molecule has 0 aliphatic heterocycles. The highest BCUT2D eigenvalue weighted by Gasteiger charge is 2.31. The number of carboxylic acids is 1. The highest BCUT2D eigenvalue weighted by atomic mass is 19.4. The van der Waals surface area contributed by atoms with Gasteiger partial charge in [-0.3, -0.25) is 14.5 Å². The van der Waals surface area contributed by atoms with Crippen LogP contribution in [0.3, 0.4) is 0 Å². The van der Waals surface area contributed by atoms with Gasteiger partial charge < -0.3 is 14.7 Å². The predicted molar refractivity (Wildman–Crippen MR) is 120 cm³/mol. The number of aryl methyl sites for hydroxylation is 2. The Morgan fingerprint density at radius 3 is 2.03 bits per heavy atom. The first-order chi connectivity index (χ1) is 15.7. The van der Waals surface area contributed by atoms with Crippen molar-refractivity contribution in [3.8, 4) is 5.75 Å². The number of anilines is 1. The van der Waals surface area contributed by atoms with Gasteiger partial charge in [-0.15, -0.1) is 0 Å². The molecule has 1 N–H and O–H groups in total. The minimum atomic E-state index is -4.46. The summed E-state index contributed by atoms with van der Waals surface area (Å²) in [6.45, 7) is 6.07. The van der Waals surface area contributed by atoms with Crippen LogP contribution in [-0.2, 0) is 27.1 Å². The minimum absolute atomic E-state index is 0.0343. The van der Waals surface area contributed by atoms with Crippen molar-refractivity contribution in [2.75, 3.05) is 18.5 Å². The third-order valence-corrected chi connectivity index (χ3v) is 5.20. The zero-order valence-electron chi connectivity index (χ0n) is 19.6. The molecule has 0 atom stereocenters. The highest BCUT2D eigenvalue weighted by molar-refractivity contribution is 5.89. The largest absolute Gasteiger partial charge is 0.478 e. The van der Waals surface area contributed by atoms with E-state index in [0.717, 1.165) is 17.0 Å². The number of nitrogens with zero attached hydrogens (tertiary/aromatic N) is 2. The van der Waals surface area contributed by atoms with Crippen LogP contribution in [-0.4, -0.2) is 47.5 Å². The van der Waals surface area contributed by atoms with Crippen LogP contribution in [0.15, 0.2) is 36.4 Å². The van der Waals surface area contributed by atoms with Crippen LogP contribution < -0.4 is 9.64 Å². The Balaban J connectivity index is 2.13. The predicted octanol–water partition coefficient (Wildman–Crippen LogP) is 4.19. The Labute approximate surface area is 195 Å². The molecule has 2 rings (SSSR count).